The zero-order chi connectivity index (χ0) is 22.3. The Kier molecular flexibility index (Phi) is 8.60. The molecule has 162 valence electrons. The van der Waals surface area contributed by atoms with Gasteiger partial charge in [-0.15, -0.1) is 0 Å². The number of nitrogens with zero attached hydrogens (tertiary/aromatic N) is 2. The first-order valence-corrected chi connectivity index (χ1v) is 10.5. The number of carbonyl (C=O) groups excluding carboxylic acids is 2. The van der Waals surface area contributed by atoms with E-state index in [1.165, 1.54) is 30.2 Å². The first-order chi connectivity index (χ1) is 14.3. The lowest BCUT2D eigenvalue weighted by Gasteiger charge is -2.14. The van der Waals surface area contributed by atoms with Crippen molar-refractivity contribution in [3.63, 3.8) is 0 Å². The summed E-state index contributed by atoms with van der Waals surface area (Å²) in [6.45, 7) is 2.54. The number of phenolic OH excluding ortho intramolecular Hbond substituents is 1. The number of methoxy groups -OCH3 is 1. The Hall–Kier alpha value is -2.66. The molecule has 30 heavy (non-hydrogen) atoms. The number of rotatable bonds is 10. The van der Waals surface area contributed by atoms with Gasteiger partial charge in [0.25, 0.3) is 5.91 Å². The molecule has 1 fully saturated rings. The van der Waals surface area contributed by atoms with E-state index in [0.29, 0.717) is 47.2 Å². The van der Waals surface area contributed by atoms with Crippen molar-refractivity contribution < 1.29 is 29.1 Å². The van der Waals surface area contributed by atoms with Crippen molar-refractivity contribution in [1.29, 1.82) is 0 Å². The number of nitro benzene ring substituents is 1. The maximum Gasteiger partial charge on any atom is 0.315 e. The number of thioether (sulfide) groups is 1. The summed E-state index contributed by atoms with van der Waals surface area (Å²) in [7, 11) is 1.28. The van der Waals surface area contributed by atoms with Gasteiger partial charge in [-0.3, -0.25) is 24.6 Å². The summed E-state index contributed by atoms with van der Waals surface area (Å²) in [6.07, 6.45) is 3.91. The van der Waals surface area contributed by atoms with E-state index in [-0.39, 0.29) is 17.6 Å². The van der Waals surface area contributed by atoms with Crippen LogP contribution in [0.1, 0.15) is 38.2 Å². The van der Waals surface area contributed by atoms with E-state index in [9.17, 15) is 24.8 Å². The van der Waals surface area contributed by atoms with Crippen molar-refractivity contribution in [3.05, 3.63) is 32.7 Å². The number of phenols is 1. The van der Waals surface area contributed by atoms with Gasteiger partial charge in [-0.25, -0.2) is 0 Å². The van der Waals surface area contributed by atoms with Crippen LogP contribution in [0.3, 0.4) is 0 Å². The quantitative estimate of drug-likeness (QED) is 0.141. The van der Waals surface area contributed by atoms with Crippen molar-refractivity contribution in [1.82, 2.24) is 4.90 Å². The molecule has 11 heteroatoms. The molecule has 0 radical (unpaired) electrons. The number of esters is 1. The normalized spacial score (nSPS) is 15.0. The van der Waals surface area contributed by atoms with E-state index in [1.54, 1.807) is 6.92 Å². The van der Waals surface area contributed by atoms with Gasteiger partial charge in [-0.05, 0) is 37.5 Å². The molecular weight excluding hydrogens is 432 g/mol. The van der Waals surface area contributed by atoms with Crippen LogP contribution in [0.4, 0.5) is 5.69 Å². The molecule has 0 bridgehead atoms. The third-order valence-electron chi connectivity index (χ3n) is 4.23. The van der Waals surface area contributed by atoms with Gasteiger partial charge in [0.2, 0.25) is 5.75 Å². The second kappa shape index (κ2) is 10.9. The van der Waals surface area contributed by atoms with Gasteiger partial charge in [-0.1, -0.05) is 30.4 Å². The number of hydrogen-bond acceptors (Lipinski definition) is 9. The largest absolute Gasteiger partial charge is 0.500 e. The minimum atomic E-state index is -0.725. The van der Waals surface area contributed by atoms with Crippen molar-refractivity contribution in [2.75, 3.05) is 20.3 Å². The van der Waals surface area contributed by atoms with E-state index in [1.807, 2.05) is 0 Å². The van der Waals surface area contributed by atoms with E-state index >= 15 is 0 Å². The third kappa shape index (κ3) is 5.92. The summed E-state index contributed by atoms with van der Waals surface area (Å²) in [5.41, 5.74) is -0.177. The predicted molar refractivity (Wildman–Crippen MR) is 116 cm³/mol. The molecule has 1 aromatic carbocycles. The SMILES string of the molecule is CCOC(=O)CCCCCN1C(=O)/C(=C/c2cc(OC)c(O)c([N+](=O)[O-])c2)SC1=S. The number of aromatic hydroxyl groups is 1. The molecule has 0 unspecified atom stereocenters. The Morgan fingerprint density at radius 3 is 2.73 bits per heavy atom. The lowest BCUT2D eigenvalue weighted by molar-refractivity contribution is -0.386. The first-order valence-electron chi connectivity index (χ1n) is 9.24. The summed E-state index contributed by atoms with van der Waals surface area (Å²) in [5, 5.41) is 21.0. The van der Waals surface area contributed by atoms with Crippen LogP contribution in [0.15, 0.2) is 17.0 Å². The molecule has 1 N–H and O–H groups in total. The van der Waals surface area contributed by atoms with E-state index in [0.717, 1.165) is 18.2 Å². The average molecular weight is 455 g/mol. The lowest BCUT2D eigenvalue weighted by Crippen LogP contribution is -2.29. The molecule has 1 heterocycles. The summed E-state index contributed by atoms with van der Waals surface area (Å²) < 4.78 is 10.2. The summed E-state index contributed by atoms with van der Waals surface area (Å²) in [4.78, 5) is 36.2. The monoisotopic (exact) mass is 454 g/mol. The van der Waals surface area contributed by atoms with Crippen LogP contribution in [0.25, 0.3) is 6.08 Å². The number of amides is 1. The Balaban J connectivity index is 2.04. The van der Waals surface area contributed by atoms with Gasteiger partial charge in [0.1, 0.15) is 4.32 Å². The smallest absolute Gasteiger partial charge is 0.315 e. The highest BCUT2D eigenvalue weighted by Gasteiger charge is 2.32. The fourth-order valence-corrected chi connectivity index (χ4v) is 4.09. The molecule has 1 aromatic rings. The highest BCUT2D eigenvalue weighted by atomic mass is 32.2. The molecule has 2 rings (SSSR count). The highest BCUT2D eigenvalue weighted by molar-refractivity contribution is 8.26. The number of nitro groups is 1. The molecule has 0 aliphatic carbocycles. The topological polar surface area (TPSA) is 119 Å². The van der Waals surface area contributed by atoms with Crippen LogP contribution in [0.5, 0.6) is 11.5 Å². The maximum atomic E-state index is 12.7. The number of ether oxygens (including phenoxy) is 2. The molecule has 0 spiro atoms. The molecule has 1 saturated heterocycles. The second-order valence-electron chi connectivity index (χ2n) is 6.30. The Morgan fingerprint density at radius 2 is 2.10 bits per heavy atom. The van der Waals surface area contributed by atoms with Gasteiger partial charge < -0.3 is 14.6 Å². The molecule has 9 nitrogen and oxygen atoms in total. The lowest BCUT2D eigenvalue weighted by atomic mass is 10.1. The summed E-state index contributed by atoms with van der Waals surface area (Å²) in [5.74, 6) is -1.16. The van der Waals surface area contributed by atoms with Crippen LogP contribution >= 0.6 is 24.0 Å². The predicted octanol–water partition coefficient (Wildman–Crippen LogP) is 3.63. The minimum absolute atomic E-state index is 0.0625. The fraction of sp³-hybridized carbons (Fsp3) is 0.421. The zero-order valence-electron chi connectivity index (χ0n) is 16.6. The molecule has 0 atom stereocenters. The van der Waals surface area contributed by atoms with E-state index in [2.05, 4.69) is 0 Å². The Labute approximate surface area is 183 Å². The first kappa shape index (κ1) is 23.6. The van der Waals surface area contributed by atoms with Gasteiger partial charge >= 0.3 is 11.7 Å². The van der Waals surface area contributed by atoms with Crippen molar-refractivity contribution in [2.24, 2.45) is 0 Å². The zero-order valence-corrected chi connectivity index (χ0v) is 18.2. The van der Waals surface area contributed by atoms with Crippen molar-refractivity contribution >= 4 is 51.9 Å². The van der Waals surface area contributed by atoms with Gasteiger partial charge in [0.15, 0.2) is 5.75 Å². The molecule has 0 saturated carbocycles. The summed E-state index contributed by atoms with van der Waals surface area (Å²) in [6, 6.07) is 2.57. The fourth-order valence-electron chi connectivity index (χ4n) is 2.79. The van der Waals surface area contributed by atoms with E-state index in [4.69, 9.17) is 21.7 Å². The number of unbranched alkanes of at least 4 members (excludes halogenated alkanes) is 2. The van der Waals surface area contributed by atoms with E-state index < -0.39 is 16.4 Å². The minimum Gasteiger partial charge on any atom is -0.500 e. The molecule has 1 aliphatic rings. The molecule has 1 aliphatic heterocycles. The maximum absolute atomic E-state index is 12.7. The van der Waals surface area contributed by atoms with Crippen molar-refractivity contribution in [3.8, 4) is 11.5 Å². The van der Waals surface area contributed by atoms with Crippen LogP contribution in [0.2, 0.25) is 0 Å². The molecular formula is C19H22N2O7S2. The number of carbonyl (C=O) groups is 2. The standard InChI is InChI=1S/C19H22N2O7S2/c1-3-28-16(22)7-5-4-6-8-20-18(24)15(30-19(20)29)11-12-9-13(21(25)26)17(23)14(10-12)27-2/h9-11,23H,3-8H2,1-2H3/b15-11-. The van der Waals surface area contributed by atoms with Crippen molar-refractivity contribution in [2.45, 2.75) is 32.6 Å². The van der Waals surface area contributed by atoms with Crippen LogP contribution in [-0.4, -0.2) is 51.4 Å². The van der Waals surface area contributed by atoms with Gasteiger partial charge in [-0.2, -0.15) is 0 Å². The van der Waals surface area contributed by atoms with Crippen LogP contribution < -0.4 is 4.74 Å². The molecule has 0 aromatic heterocycles. The number of hydrogen-bond donors (Lipinski definition) is 1. The van der Waals surface area contributed by atoms with Crippen LogP contribution in [-0.2, 0) is 14.3 Å². The Morgan fingerprint density at radius 1 is 1.37 bits per heavy atom. The Bertz CT molecular complexity index is 886. The summed E-state index contributed by atoms with van der Waals surface area (Å²) >= 11 is 6.39. The highest BCUT2D eigenvalue weighted by Crippen LogP contribution is 2.39. The van der Waals surface area contributed by atoms with Crippen LogP contribution in [0, 0.1) is 10.1 Å². The number of benzene rings is 1. The van der Waals surface area contributed by atoms with Gasteiger partial charge in [0, 0.05) is 19.0 Å². The molecule has 1 amide bonds. The third-order valence-corrected chi connectivity index (χ3v) is 5.61. The average Bonchev–Trinajstić information content (AvgIpc) is 2.96. The number of thiocarbonyl (C=S) groups is 1. The second-order valence-corrected chi connectivity index (χ2v) is 7.97. The van der Waals surface area contributed by atoms with Gasteiger partial charge in [0.05, 0.1) is 23.5 Å².